The molecule has 8 aromatic rings. The van der Waals surface area contributed by atoms with Crippen LogP contribution < -0.4 is 19.3 Å². The molecule has 0 aliphatic carbocycles. The molecule has 6 nitrogen and oxygen atoms in total. The fourth-order valence-electron chi connectivity index (χ4n) is 8.98. The summed E-state index contributed by atoms with van der Waals surface area (Å²) in [6.07, 6.45) is 3.61. The van der Waals surface area contributed by atoms with E-state index >= 15 is 0 Å². The van der Waals surface area contributed by atoms with Crippen LogP contribution in [0.4, 0.5) is 34.1 Å². The summed E-state index contributed by atoms with van der Waals surface area (Å²) in [4.78, 5) is 14.8. The van der Waals surface area contributed by atoms with Crippen molar-refractivity contribution < 1.29 is 9.47 Å². The fourth-order valence-corrected chi connectivity index (χ4v) is 8.98. The molecular formula is C56H56N4O2. The van der Waals surface area contributed by atoms with Gasteiger partial charge >= 0.3 is 0 Å². The second-order valence-electron chi connectivity index (χ2n) is 21.3. The molecule has 6 heteroatoms. The van der Waals surface area contributed by atoms with Crippen molar-refractivity contribution in [2.24, 2.45) is 0 Å². The lowest BCUT2D eigenvalue weighted by Crippen LogP contribution is -2.19. The van der Waals surface area contributed by atoms with Gasteiger partial charge in [0.15, 0.2) is 23.0 Å². The van der Waals surface area contributed by atoms with Crippen molar-refractivity contribution in [2.45, 2.75) is 105 Å². The molecule has 0 N–H and O–H groups in total. The first-order chi connectivity index (χ1) is 29.2. The summed E-state index contributed by atoms with van der Waals surface area (Å²) in [5, 5.41) is 4.33. The average Bonchev–Trinajstić information content (AvgIpc) is 3.22. The number of hydrogen-bond acceptors (Lipinski definition) is 6. The van der Waals surface area contributed by atoms with E-state index in [0.717, 1.165) is 89.7 Å². The lowest BCUT2D eigenvalue weighted by atomic mass is 9.85. The standard InChI is InChI=1S/C56H56N4O2/c1-53(2,3)33-13-21-43-47(27-33)61-48-28-34(54(4,5)6)14-22-44(48)59(43)37-17-19-39-40-20-18-38(32-42(40)52-51(41(39)31-37)57-25-26-58-52)60-45-23-15-35(55(7,8)9)29-49(45)62-50-30-36(56(10,11)12)16-24-46(50)60/h13-32H,1-12H3. The molecule has 0 spiro atoms. The van der Waals surface area contributed by atoms with Crippen LogP contribution in [0.3, 0.4) is 0 Å². The van der Waals surface area contributed by atoms with Crippen molar-refractivity contribution in [1.82, 2.24) is 9.97 Å². The van der Waals surface area contributed by atoms with Crippen LogP contribution in [0.2, 0.25) is 0 Å². The maximum Gasteiger partial charge on any atom is 0.151 e. The van der Waals surface area contributed by atoms with Gasteiger partial charge in [0.2, 0.25) is 0 Å². The summed E-state index contributed by atoms with van der Waals surface area (Å²) in [5.41, 5.74) is 12.6. The van der Waals surface area contributed by atoms with Crippen molar-refractivity contribution in [2.75, 3.05) is 9.80 Å². The van der Waals surface area contributed by atoms with Gasteiger partial charge in [0.25, 0.3) is 0 Å². The number of ether oxygens (including phenoxy) is 2. The average molecular weight is 817 g/mol. The van der Waals surface area contributed by atoms with Gasteiger partial charge in [-0.3, -0.25) is 9.97 Å². The third kappa shape index (κ3) is 6.54. The van der Waals surface area contributed by atoms with Gasteiger partial charge in [-0.2, -0.15) is 0 Å². The molecule has 10 rings (SSSR count). The maximum atomic E-state index is 6.79. The SMILES string of the molecule is CC(C)(C)c1ccc2c(c1)Oc1cc(C(C)(C)C)ccc1N2c1ccc2c3ccc(N4c5ccc(C(C)(C)C)cc5Oc5cc(C(C)(C)C)ccc54)cc3c3nccnc3c2c1. The molecule has 3 heterocycles. The molecule has 2 aliphatic rings. The summed E-state index contributed by atoms with van der Waals surface area (Å²) in [6, 6.07) is 40.1. The Balaban J connectivity index is 1.16. The molecule has 0 bridgehead atoms. The summed E-state index contributed by atoms with van der Waals surface area (Å²) < 4.78 is 13.6. The normalized spacial score (nSPS) is 14.0. The summed E-state index contributed by atoms with van der Waals surface area (Å²) in [6.45, 7) is 26.9. The minimum Gasteiger partial charge on any atom is -0.453 e. The van der Waals surface area contributed by atoms with E-state index in [1.807, 2.05) is 0 Å². The molecule has 62 heavy (non-hydrogen) atoms. The van der Waals surface area contributed by atoms with Crippen LogP contribution in [0.1, 0.15) is 105 Å². The zero-order valence-electron chi connectivity index (χ0n) is 38.2. The fraction of sp³-hybridized carbons (Fsp3) is 0.286. The maximum absolute atomic E-state index is 6.79. The van der Waals surface area contributed by atoms with E-state index in [0.29, 0.717) is 0 Å². The first kappa shape index (κ1) is 39.7. The predicted octanol–water partition coefficient (Wildman–Crippen LogP) is 16.3. The van der Waals surface area contributed by atoms with Gasteiger partial charge in [-0.25, -0.2) is 0 Å². The highest BCUT2D eigenvalue weighted by Gasteiger charge is 2.32. The predicted molar refractivity (Wildman–Crippen MR) is 259 cm³/mol. The molecular weight excluding hydrogens is 761 g/mol. The molecule has 0 amide bonds. The second-order valence-corrected chi connectivity index (χ2v) is 21.3. The summed E-state index contributed by atoms with van der Waals surface area (Å²) in [5.74, 6) is 3.40. The van der Waals surface area contributed by atoms with Gasteiger partial charge in [-0.05, 0) is 127 Å². The summed E-state index contributed by atoms with van der Waals surface area (Å²) >= 11 is 0. The molecule has 7 aromatic carbocycles. The van der Waals surface area contributed by atoms with E-state index in [2.05, 4.69) is 202 Å². The lowest BCUT2D eigenvalue weighted by Gasteiger charge is -2.35. The quantitative estimate of drug-likeness (QED) is 0.162. The Morgan fingerprint density at radius 3 is 0.903 bits per heavy atom. The van der Waals surface area contributed by atoms with Crippen molar-refractivity contribution in [3.05, 3.63) is 144 Å². The van der Waals surface area contributed by atoms with Crippen LogP contribution in [0.15, 0.2) is 122 Å². The highest BCUT2D eigenvalue weighted by Crippen LogP contribution is 2.55. The zero-order chi connectivity index (χ0) is 43.7. The van der Waals surface area contributed by atoms with E-state index < -0.39 is 0 Å². The molecule has 1 aromatic heterocycles. The van der Waals surface area contributed by atoms with Crippen LogP contribution in [-0.4, -0.2) is 9.97 Å². The Kier molecular flexibility index (Phi) is 8.68. The number of anilines is 6. The Hall–Kier alpha value is -6.40. The number of aromatic nitrogens is 2. The van der Waals surface area contributed by atoms with Crippen molar-refractivity contribution in [1.29, 1.82) is 0 Å². The van der Waals surface area contributed by atoms with Gasteiger partial charge in [0.05, 0.1) is 33.8 Å². The Morgan fingerprint density at radius 1 is 0.339 bits per heavy atom. The minimum atomic E-state index is -0.0294. The molecule has 0 saturated carbocycles. The van der Waals surface area contributed by atoms with E-state index in [1.54, 1.807) is 12.4 Å². The van der Waals surface area contributed by atoms with Gasteiger partial charge in [-0.15, -0.1) is 0 Å². The minimum absolute atomic E-state index is 0.0294. The van der Waals surface area contributed by atoms with E-state index in [-0.39, 0.29) is 21.7 Å². The van der Waals surface area contributed by atoms with Crippen molar-refractivity contribution in [3.8, 4) is 23.0 Å². The first-order valence-corrected chi connectivity index (χ1v) is 21.9. The van der Waals surface area contributed by atoms with Crippen molar-refractivity contribution in [3.63, 3.8) is 0 Å². The second kappa shape index (κ2) is 13.5. The monoisotopic (exact) mass is 816 g/mol. The highest BCUT2D eigenvalue weighted by molar-refractivity contribution is 6.24. The van der Waals surface area contributed by atoms with Crippen LogP contribution in [0, 0.1) is 0 Å². The van der Waals surface area contributed by atoms with Gasteiger partial charge in [0.1, 0.15) is 0 Å². The molecule has 0 unspecified atom stereocenters. The van der Waals surface area contributed by atoms with Crippen LogP contribution in [0.5, 0.6) is 23.0 Å². The van der Waals surface area contributed by atoms with E-state index in [9.17, 15) is 0 Å². The molecule has 0 fully saturated rings. The van der Waals surface area contributed by atoms with Crippen LogP contribution >= 0.6 is 0 Å². The van der Waals surface area contributed by atoms with Gasteiger partial charge in [0, 0.05) is 34.5 Å². The molecule has 0 saturated heterocycles. The largest absolute Gasteiger partial charge is 0.453 e. The molecule has 312 valence electrons. The molecule has 2 aliphatic heterocycles. The highest BCUT2D eigenvalue weighted by atomic mass is 16.5. The Labute approximate surface area is 366 Å². The molecule has 0 radical (unpaired) electrons. The molecule has 0 atom stereocenters. The lowest BCUT2D eigenvalue weighted by molar-refractivity contribution is 0.469. The van der Waals surface area contributed by atoms with E-state index in [1.165, 1.54) is 22.3 Å². The third-order valence-corrected chi connectivity index (χ3v) is 12.7. The van der Waals surface area contributed by atoms with E-state index in [4.69, 9.17) is 19.4 Å². The van der Waals surface area contributed by atoms with Gasteiger partial charge < -0.3 is 19.3 Å². The number of fused-ring (bicyclic) bond motifs is 10. The third-order valence-electron chi connectivity index (χ3n) is 12.7. The number of benzene rings is 7. The number of hydrogen-bond donors (Lipinski definition) is 0. The van der Waals surface area contributed by atoms with Gasteiger partial charge in [-0.1, -0.05) is 119 Å². The zero-order valence-corrected chi connectivity index (χ0v) is 38.2. The van der Waals surface area contributed by atoms with Crippen molar-refractivity contribution >= 4 is 66.7 Å². The first-order valence-electron chi connectivity index (χ1n) is 21.9. The summed E-state index contributed by atoms with van der Waals surface area (Å²) in [7, 11) is 0. The van der Waals surface area contributed by atoms with Crippen LogP contribution in [0.25, 0.3) is 32.6 Å². The number of nitrogens with zero attached hydrogens (tertiary/aromatic N) is 4. The van der Waals surface area contributed by atoms with Crippen LogP contribution in [-0.2, 0) is 21.7 Å². The Morgan fingerprint density at radius 2 is 0.629 bits per heavy atom. The Bertz CT molecular complexity index is 2780. The number of rotatable bonds is 2. The topological polar surface area (TPSA) is 50.7 Å². The smallest absolute Gasteiger partial charge is 0.151 e.